The molecular weight excluding hydrogens is 424 g/mol. The molecule has 7 nitrogen and oxygen atoms in total. The van der Waals surface area contributed by atoms with Crippen LogP contribution >= 0.6 is 11.8 Å². The van der Waals surface area contributed by atoms with Crippen molar-refractivity contribution in [3.05, 3.63) is 84.1 Å². The van der Waals surface area contributed by atoms with Crippen LogP contribution in [0.3, 0.4) is 0 Å². The summed E-state index contributed by atoms with van der Waals surface area (Å²) in [6, 6.07) is 14.6. The van der Waals surface area contributed by atoms with Crippen LogP contribution in [-0.4, -0.2) is 32.2 Å². The molecule has 0 fully saturated rings. The maximum atomic E-state index is 13.7. The Hall–Kier alpha value is -3.79. The largest absolute Gasteiger partial charge is 0.323 e. The molecule has 0 radical (unpaired) electrons. The van der Waals surface area contributed by atoms with E-state index < -0.39 is 23.4 Å². The van der Waals surface area contributed by atoms with E-state index in [1.54, 1.807) is 28.7 Å². The predicted octanol–water partition coefficient (Wildman–Crippen LogP) is 3.99. The summed E-state index contributed by atoms with van der Waals surface area (Å²) >= 11 is 1.09. The summed E-state index contributed by atoms with van der Waals surface area (Å²) in [5.74, 6) is -1.86. The lowest BCUT2D eigenvalue weighted by molar-refractivity contribution is -0.113. The molecule has 0 aliphatic carbocycles. The Balaban J connectivity index is 1.46. The second kappa shape index (κ2) is 8.92. The van der Waals surface area contributed by atoms with Crippen LogP contribution in [0.1, 0.15) is 10.4 Å². The molecule has 4 rings (SSSR count). The number of hydrogen-bond donors (Lipinski definition) is 2. The Kier molecular flexibility index (Phi) is 5.89. The number of aromatic nitrogens is 3. The molecule has 0 aliphatic heterocycles. The number of hydrogen-bond acceptors (Lipinski definition) is 5. The van der Waals surface area contributed by atoms with Gasteiger partial charge in [-0.3, -0.25) is 14.0 Å². The van der Waals surface area contributed by atoms with Crippen LogP contribution < -0.4 is 10.6 Å². The molecule has 0 saturated heterocycles. The third-order valence-corrected chi connectivity index (χ3v) is 5.14. The Bertz CT molecular complexity index is 1280. The molecule has 0 bridgehead atoms. The average Bonchev–Trinajstić information content (AvgIpc) is 3.16. The van der Waals surface area contributed by atoms with Crippen molar-refractivity contribution in [2.24, 2.45) is 0 Å². The molecule has 2 aromatic carbocycles. The van der Waals surface area contributed by atoms with E-state index in [1.165, 1.54) is 42.6 Å². The van der Waals surface area contributed by atoms with Gasteiger partial charge in [-0.2, -0.15) is 0 Å². The second-order valence-electron chi connectivity index (χ2n) is 6.41. The molecule has 0 aliphatic rings. The van der Waals surface area contributed by atoms with Gasteiger partial charge in [0.1, 0.15) is 11.6 Å². The van der Waals surface area contributed by atoms with Crippen molar-refractivity contribution >= 4 is 40.6 Å². The number of benzene rings is 2. The lowest BCUT2D eigenvalue weighted by atomic mass is 10.2. The maximum absolute atomic E-state index is 13.7. The highest BCUT2D eigenvalue weighted by Crippen LogP contribution is 2.20. The summed E-state index contributed by atoms with van der Waals surface area (Å²) in [6.07, 6.45) is 1.53. The van der Waals surface area contributed by atoms with Crippen LogP contribution in [0.2, 0.25) is 0 Å². The number of para-hydroxylation sites is 1. The van der Waals surface area contributed by atoms with E-state index in [1.807, 2.05) is 0 Å². The maximum Gasteiger partial charge on any atom is 0.257 e. The summed E-state index contributed by atoms with van der Waals surface area (Å²) in [4.78, 5) is 24.7. The van der Waals surface area contributed by atoms with Crippen molar-refractivity contribution in [2.45, 2.75) is 5.16 Å². The van der Waals surface area contributed by atoms with E-state index in [2.05, 4.69) is 20.8 Å². The molecule has 2 amide bonds. The molecular formula is C21H15F2N5O2S. The van der Waals surface area contributed by atoms with E-state index >= 15 is 0 Å². The number of amides is 2. The van der Waals surface area contributed by atoms with Crippen molar-refractivity contribution in [2.75, 3.05) is 16.4 Å². The average molecular weight is 439 g/mol. The number of anilines is 2. The van der Waals surface area contributed by atoms with E-state index in [0.29, 0.717) is 22.1 Å². The molecule has 10 heteroatoms. The number of carbonyl (C=O) groups is 2. The standard InChI is InChI=1S/C21H15F2N5O2S/c22-14-4-3-5-15(10-14)24-20(30)13-8-9-18-26-27-21(28(18)11-13)31-12-19(29)25-17-7-2-1-6-16(17)23/h1-11H,12H2,(H,24,30)(H,25,29). The Morgan fingerprint density at radius 2 is 1.81 bits per heavy atom. The van der Waals surface area contributed by atoms with E-state index in [0.717, 1.165) is 11.8 Å². The smallest absolute Gasteiger partial charge is 0.257 e. The van der Waals surface area contributed by atoms with Gasteiger partial charge < -0.3 is 10.6 Å². The molecule has 2 N–H and O–H groups in total. The number of pyridine rings is 1. The van der Waals surface area contributed by atoms with Gasteiger partial charge in [0.2, 0.25) is 5.91 Å². The van der Waals surface area contributed by atoms with Crippen LogP contribution in [0.4, 0.5) is 20.2 Å². The fourth-order valence-electron chi connectivity index (χ4n) is 2.75. The zero-order chi connectivity index (χ0) is 21.8. The quantitative estimate of drug-likeness (QED) is 0.444. The van der Waals surface area contributed by atoms with Crippen molar-refractivity contribution < 1.29 is 18.4 Å². The zero-order valence-electron chi connectivity index (χ0n) is 15.9. The van der Waals surface area contributed by atoms with Gasteiger partial charge in [-0.15, -0.1) is 10.2 Å². The number of carbonyl (C=O) groups excluding carboxylic acids is 2. The molecule has 0 unspecified atom stereocenters. The fraction of sp³-hybridized carbons (Fsp3) is 0.0476. The number of nitrogens with one attached hydrogen (secondary N) is 2. The van der Waals surface area contributed by atoms with Crippen molar-refractivity contribution in [3.63, 3.8) is 0 Å². The van der Waals surface area contributed by atoms with E-state index in [9.17, 15) is 18.4 Å². The minimum atomic E-state index is -0.525. The van der Waals surface area contributed by atoms with Crippen molar-refractivity contribution in [1.82, 2.24) is 14.6 Å². The fourth-order valence-corrected chi connectivity index (χ4v) is 3.47. The van der Waals surface area contributed by atoms with Gasteiger partial charge in [0.15, 0.2) is 10.8 Å². The minimum Gasteiger partial charge on any atom is -0.323 e. The second-order valence-corrected chi connectivity index (χ2v) is 7.35. The van der Waals surface area contributed by atoms with Gasteiger partial charge in [-0.05, 0) is 42.5 Å². The third-order valence-electron chi connectivity index (χ3n) is 4.20. The van der Waals surface area contributed by atoms with Crippen LogP contribution in [0.5, 0.6) is 0 Å². The number of thioether (sulfide) groups is 1. The first-order valence-electron chi connectivity index (χ1n) is 9.08. The zero-order valence-corrected chi connectivity index (χ0v) is 16.7. The molecule has 0 spiro atoms. The molecule has 4 aromatic rings. The minimum absolute atomic E-state index is 0.0329. The number of rotatable bonds is 6. The van der Waals surface area contributed by atoms with Gasteiger partial charge in [0, 0.05) is 11.9 Å². The topological polar surface area (TPSA) is 88.4 Å². The molecule has 2 heterocycles. The molecule has 31 heavy (non-hydrogen) atoms. The Morgan fingerprint density at radius 3 is 2.61 bits per heavy atom. The Morgan fingerprint density at radius 1 is 0.968 bits per heavy atom. The van der Waals surface area contributed by atoms with Gasteiger partial charge >= 0.3 is 0 Å². The molecule has 0 atom stereocenters. The highest BCUT2D eigenvalue weighted by atomic mass is 32.2. The summed E-state index contributed by atoms with van der Waals surface area (Å²) in [5, 5.41) is 13.5. The first kappa shape index (κ1) is 20.5. The summed E-state index contributed by atoms with van der Waals surface area (Å²) < 4.78 is 28.6. The number of fused-ring (bicyclic) bond motifs is 1. The van der Waals surface area contributed by atoms with E-state index in [-0.39, 0.29) is 11.4 Å². The third kappa shape index (κ3) is 4.86. The normalized spacial score (nSPS) is 10.8. The first-order valence-corrected chi connectivity index (χ1v) is 10.1. The lowest BCUT2D eigenvalue weighted by Crippen LogP contribution is -2.15. The molecule has 0 saturated carbocycles. The SMILES string of the molecule is O=C(CSc1nnc2ccc(C(=O)Nc3cccc(F)c3)cn12)Nc1ccccc1F. The van der Waals surface area contributed by atoms with Crippen LogP contribution in [0.15, 0.2) is 72.0 Å². The first-order chi connectivity index (χ1) is 15.0. The van der Waals surface area contributed by atoms with Crippen LogP contribution in [0.25, 0.3) is 5.65 Å². The van der Waals surface area contributed by atoms with Crippen molar-refractivity contribution in [1.29, 1.82) is 0 Å². The molecule has 2 aromatic heterocycles. The van der Waals surface area contributed by atoms with Gasteiger partial charge in [0.05, 0.1) is 17.0 Å². The highest BCUT2D eigenvalue weighted by Gasteiger charge is 2.14. The lowest BCUT2D eigenvalue weighted by Gasteiger charge is -2.07. The van der Waals surface area contributed by atoms with Gasteiger partial charge in [-0.25, -0.2) is 8.78 Å². The number of nitrogens with zero attached hydrogens (tertiary/aromatic N) is 3. The summed E-state index contributed by atoms with van der Waals surface area (Å²) in [7, 11) is 0. The van der Waals surface area contributed by atoms with Crippen molar-refractivity contribution in [3.8, 4) is 0 Å². The van der Waals surface area contributed by atoms with Crippen LogP contribution in [0, 0.1) is 11.6 Å². The summed E-state index contributed by atoms with van der Waals surface area (Å²) in [6.45, 7) is 0. The predicted molar refractivity (Wildman–Crippen MR) is 113 cm³/mol. The summed E-state index contributed by atoms with van der Waals surface area (Å²) in [5.41, 5.74) is 1.21. The highest BCUT2D eigenvalue weighted by molar-refractivity contribution is 7.99. The van der Waals surface area contributed by atoms with E-state index in [4.69, 9.17) is 0 Å². The monoisotopic (exact) mass is 439 g/mol. The Labute approximate surface area is 179 Å². The van der Waals surface area contributed by atoms with Gasteiger partial charge in [0.25, 0.3) is 5.91 Å². The van der Waals surface area contributed by atoms with Gasteiger partial charge in [-0.1, -0.05) is 30.0 Å². The number of halogens is 2. The van der Waals surface area contributed by atoms with Crippen LogP contribution in [-0.2, 0) is 4.79 Å². The molecule has 156 valence electrons.